The molecule has 0 radical (unpaired) electrons. The summed E-state index contributed by atoms with van der Waals surface area (Å²) in [5.74, 6) is 1.30. The number of hydrogen-bond donors (Lipinski definition) is 3. The van der Waals surface area contributed by atoms with Gasteiger partial charge in [-0.15, -0.1) is 0 Å². The highest BCUT2D eigenvalue weighted by molar-refractivity contribution is 7.80. The van der Waals surface area contributed by atoms with E-state index in [1.165, 1.54) is 0 Å². The largest absolute Gasteiger partial charge is 0.497 e. The van der Waals surface area contributed by atoms with E-state index >= 15 is 0 Å². The average molecular weight is 426 g/mol. The van der Waals surface area contributed by atoms with E-state index in [1.54, 1.807) is 13.2 Å². The molecule has 3 aromatic rings. The fourth-order valence-electron chi connectivity index (χ4n) is 2.73. The summed E-state index contributed by atoms with van der Waals surface area (Å²) in [6, 6.07) is 17.0. The lowest BCUT2D eigenvalue weighted by Gasteiger charge is -2.12. The standard InChI is InChI=1S/C21H20ClN5OS/c1-28-16-7-8-18-14(12-16)11-15(13-23)20(26-18)24-9-4-10-25-21(29)27-19-6-3-2-5-17(19)22/h2-3,5-8,11-12H,4,9-10H2,1H3,(H,24,26)(H2,25,27,29). The summed E-state index contributed by atoms with van der Waals surface area (Å²) in [4.78, 5) is 4.56. The first-order valence-corrected chi connectivity index (χ1v) is 9.81. The van der Waals surface area contributed by atoms with Crippen molar-refractivity contribution in [3.63, 3.8) is 0 Å². The predicted octanol–water partition coefficient (Wildman–Crippen LogP) is 4.56. The number of nitrogens with zero attached hydrogens (tertiary/aromatic N) is 2. The van der Waals surface area contributed by atoms with Crippen LogP contribution in [0.5, 0.6) is 5.75 Å². The Balaban J connectivity index is 1.51. The SMILES string of the molecule is COc1ccc2nc(NCCCNC(=S)Nc3ccccc3Cl)c(C#N)cc2c1. The number of para-hydroxylation sites is 1. The topological polar surface area (TPSA) is 82.0 Å². The molecule has 8 heteroatoms. The predicted molar refractivity (Wildman–Crippen MR) is 122 cm³/mol. The van der Waals surface area contributed by atoms with Gasteiger partial charge in [-0.1, -0.05) is 23.7 Å². The van der Waals surface area contributed by atoms with Gasteiger partial charge in [0.15, 0.2) is 5.11 Å². The van der Waals surface area contributed by atoms with Crippen LogP contribution in [-0.2, 0) is 0 Å². The number of rotatable bonds is 7. The minimum absolute atomic E-state index is 0.495. The summed E-state index contributed by atoms with van der Waals surface area (Å²) >= 11 is 11.4. The van der Waals surface area contributed by atoms with E-state index in [0.717, 1.165) is 28.8 Å². The number of ether oxygens (including phenoxy) is 1. The molecule has 6 nitrogen and oxygen atoms in total. The van der Waals surface area contributed by atoms with Crippen molar-refractivity contribution in [3.05, 3.63) is 59.1 Å². The Morgan fingerprint density at radius 3 is 2.79 bits per heavy atom. The molecule has 0 saturated carbocycles. The molecule has 0 aliphatic carbocycles. The minimum atomic E-state index is 0.495. The van der Waals surface area contributed by atoms with Crippen LogP contribution >= 0.6 is 23.8 Å². The Kier molecular flexibility index (Phi) is 7.06. The third-order valence-corrected chi connectivity index (χ3v) is 4.77. The van der Waals surface area contributed by atoms with Gasteiger partial charge in [0.05, 0.1) is 28.9 Å². The van der Waals surface area contributed by atoms with Gasteiger partial charge >= 0.3 is 0 Å². The lowest BCUT2D eigenvalue weighted by Crippen LogP contribution is -2.30. The maximum Gasteiger partial charge on any atom is 0.170 e. The number of halogens is 1. The molecule has 0 saturated heterocycles. The molecule has 0 fully saturated rings. The lowest BCUT2D eigenvalue weighted by atomic mass is 10.1. The van der Waals surface area contributed by atoms with Gasteiger partial charge in [0, 0.05) is 18.5 Å². The second kappa shape index (κ2) is 9.92. The van der Waals surface area contributed by atoms with Crippen LogP contribution in [0.25, 0.3) is 10.9 Å². The zero-order valence-electron chi connectivity index (χ0n) is 15.8. The number of methoxy groups -OCH3 is 1. The van der Waals surface area contributed by atoms with E-state index in [-0.39, 0.29) is 0 Å². The van der Waals surface area contributed by atoms with E-state index in [1.807, 2.05) is 42.5 Å². The number of nitriles is 1. The number of anilines is 2. The van der Waals surface area contributed by atoms with E-state index in [2.05, 4.69) is 27.0 Å². The summed E-state index contributed by atoms with van der Waals surface area (Å²) in [6.07, 6.45) is 0.789. The zero-order valence-corrected chi connectivity index (χ0v) is 17.4. The van der Waals surface area contributed by atoms with Gasteiger partial charge in [-0.2, -0.15) is 5.26 Å². The van der Waals surface area contributed by atoms with Crippen LogP contribution in [-0.4, -0.2) is 30.3 Å². The van der Waals surface area contributed by atoms with Crippen LogP contribution in [0.2, 0.25) is 5.02 Å². The molecule has 0 bridgehead atoms. The first-order valence-electron chi connectivity index (χ1n) is 9.03. The summed E-state index contributed by atoms with van der Waals surface area (Å²) in [7, 11) is 1.61. The summed E-state index contributed by atoms with van der Waals surface area (Å²) in [5.41, 5.74) is 2.06. The minimum Gasteiger partial charge on any atom is -0.497 e. The molecule has 1 aromatic heterocycles. The maximum atomic E-state index is 9.43. The van der Waals surface area contributed by atoms with Gasteiger partial charge in [-0.3, -0.25) is 0 Å². The number of thiocarbonyl (C=S) groups is 1. The van der Waals surface area contributed by atoms with Crippen molar-refractivity contribution in [2.45, 2.75) is 6.42 Å². The number of pyridine rings is 1. The van der Waals surface area contributed by atoms with Gasteiger partial charge in [0.25, 0.3) is 0 Å². The van der Waals surface area contributed by atoms with Crippen molar-refractivity contribution in [1.82, 2.24) is 10.3 Å². The van der Waals surface area contributed by atoms with Crippen LogP contribution in [0.3, 0.4) is 0 Å². The Bertz CT molecular complexity index is 1070. The van der Waals surface area contributed by atoms with E-state index in [9.17, 15) is 5.26 Å². The number of hydrogen-bond acceptors (Lipinski definition) is 5. The molecule has 29 heavy (non-hydrogen) atoms. The number of nitrogens with one attached hydrogen (secondary N) is 3. The van der Waals surface area contributed by atoms with Crippen molar-refractivity contribution in [1.29, 1.82) is 5.26 Å². The Labute approximate surface area is 179 Å². The Hall–Kier alpha value is -3.08. The molecule has 0 aliphatic heterocycles. The molecule has 1 heterocycles. The van der Waals surface area contributed by atoms with Crippen LogP contribution in [0, 0.1) is 11.3 Å². The second-order valence-corrected chi connectivity index (χ2v) is 7.01. The van der Waals surface area contributed by atoms with Crippen molar-refractivity contribution in [3.8, 4) is 11.8 Å². The lowest BCUT2D eigenvalue weighted by molar-refractivity contribution is 0.415. The van der Waals surface area contributed by atoms with Crippen LogP contribution in [0.4, 0.5) is 11.5 Å². The molecular formula is C21H20ClN5OS. The van der Waals surface area contributed by atoms with Crippen LogP contribution < -0.4 is 20.7 Å². The Morgan fingerprint density at radius 2 is 2.03 bits per heavy atom. The maximum absolute atomic E-state index is 9.43. The fraction of sp³-hybridized carbons (Fsp3) is 0.190. The van der Waals surface area contributed by atoms with Gasteiger partial charge < -0.3 is 20.7 Å². The number of benzene rings is 2. The number of aromatic nitrogens is 1. The van der Waals surface area contributed by atoms with E-state index < -0.39 is 0 Å². The van der Waals surface area contributed by atoms with Gasteiger partial charge in [-0.25, -0.2) is 4.98 Å². The molecule has 0 spiro atoms. The fourth-order valence-corrected chi connectivity index (χ4v) is 3.12. The van der Waals surface area contributed by atoms with Gasteiger partial charge in [0.2, 0.25) is 0 Å². The van der Waals surface area contributed by atoms with Gasteiger partial charge in [0.1, 0.15) is 17.6 Å². The number of fused-ring (bicyclic) bond motifs is 1. The summed E-state index contributed by atoms with van der Waals surface area (Å²) in [5, 5.41) is 20.9. The smallest absolute Gasteiger partial charge is 0.170 e. The van der Waals surface area contributed by atoms with Gasteiger partial charge in [-0.05, 0) is 55.0 Å². The molecule has 0 amide bonds. The third kappa shape index (κ3) is 5.47. The average Bonchev–Trinajstić information content (AvgIpc) is 2.74. The molecule has 3 rings (SSSR count). The summed E-state index contributed by atoms with van der Waals surface area (Å²) < 4.78 is 5.22. The molecule has 3 N–H and O–H groups in total. The highest BCUT2D eigenvalue weighted by Crippen LogP contribution is 2.24. The van der Waals surface area contributed by atoms with Crippen molar-refractivity contribution >= 4 is 51.3 Å². The quantitative estimate of drug-likeness (QED) is 0.378. The first-order chi connectivity index (χ1) is 14.1. The zero-order chi connectivity index (χ0) is 20.6. The summed E-state index contributed by atoms with van der Waals surface area (Å²) in [6.45, 7) is 1.31. The molecule has 0 aliphatic rings. The molecule has 148 valence electrons. The molecule has 0 unspecified atom stereocenters. The van der Waals surface area contributed by atoms with Crippen molar-refractivity contribution in [2.24, 2.45) is 0 Å². The molecular weight excluding hydrogens is 406 g/mol. The molecule has 0 atom stereocenters. The highest BCUT2D eigenvalue weighted by Gasteiger charge is 2.07. The van der Waals surface area contributed by atoms with Crippen molar-refractivity contribution < 1.29 is 4.74 Å². The molecule has 2 aromatic carbocycles. The highest BCUT2D eigenvalue weighted by atomic mass is 35.5. The van der Waals surface area contributed by atoms with Crippen molar-refractivity contribution in [2.75, 3.05) is 30.8 Å². The monoisotopic (exact) mass is 425 g/mol. The second-order valence-electron chi connectivity index (χ2n) is 6.20. The third-order valence-electron chi connectivity index (χ3n) is 4.20. The Morgan fingerprint density at radius 1 is 1.21 bits per heavy atom. The van der Waals surface area contributed by atoms with Crippen LogP contribution in [0.15, 0.2) is 48.5 Å². The van der Waals surface area contributed by atoms with E-state index in [4.69, 9.17) is 28.6 Å². The normalized spacial score (nSPS) is 10.2. The van der Waals surface area contributed by atoms with Crippen LogP contribution in [0.1, 0.15) is 12.0 Å². The first kappa shape index (κ1) is 20.6. The van der Waals surface area contributed by atoms with E-state index in [0.29, 0.717) is 34.6 Å².